The zero-order chi connectivity index (χ0) is 14.3. The van der Waals surface area contributed by atoms with Crippen molar-refractivity contribution in [3.63, 3.8) is 0 Å². The van der Waals surface area contributed by atoms with Gasteiger partial charge in [0, 0.05) is 11.8 Å². The van der Waals surface area contributed by atoms with Gasteiger partial charge in [-0.25, -0.2) is 4.39 Å². The minimum atomic E-state index is -0.298. The summed E-state index contributed by atoms with van der Waals surface area (Å²) in [5, 5.41) is 0. The summed E-state index contributed by atoms with van der Waals surface area (Å²) in [4.78, 5) is 3.07. The minimum Gasteiger partial charge on any atom is -0.496 e. The van der Waals surface area contributed by atoms with E-state index in [-0.39, 0.29) is 5.82 Å². The number of aromatic nitrogens is 2. The first-order valence-corrected chi connectivity index (χ1v) is 7.04. The van der Waals surface area contributed by atoms with Crippen molar-refractivity contribution in [3.8, 4) is 11.4 Å². The zero-order valence-electron chi connectivity index (χ0n) is 10.5. The largest absolute Gasteiger partial charge is 0.496 e. The summed E-state index contributed by atoms with van der Waals surface area (Å²) in [7, 11) is 1.60. The second kappa shape index (κ2) is 5.03. The molecule has 2 aromatic carbocycles. The highest BCUT2D eigenvalue weighted by atomic mass is 79.9. The lowest BCUT2D eigenvalue weighted by Crippen LogP contribution is -1.95. The SMILES string of the molecule is COc1ccc(-n2c(=S)[nH]c3ccc(F)cc32)cc1Br. The topological polar surface area (TPSA) is 29.9 Å². The predicted molar refractivity (Wildman–Crippen MR) is 82.7 cm³/mol. The molecule has 6 heteroatoms. The molecule has 0 bridgehead atoms. The standard InChI is InChI=1S/C14H10BrFN2OS/c1-19-13-5-3-9(7-10(13)15)18-12-6-8(16)2-4-11(12)17-14(18)20/h2-7H,1H3,(H,17,20). The molecule has 1 aromatic heterocycles. The number of nitrogens with one attached hydrogen (secondary N) is 1. The van der Waals surface area contributed by atoms with E-state index in [9.17, 15) is 4.39 Å². The Bertz CT molecular complexity index is 856. The van der Waals surface area contributed by atoms with E-state index >= 15 is 0 Å². The van der Waals surface area contributed by atoms with Crippen LogP contribution in [0.2, 0.25) is 0 Å². The third-order valence-electron chi connectivity index (χ3n) is 3.04. The number of hydrogen-bond donors (Lipinski definition) is 1. The first-order chi connectivity index (χ1) is 9.60. The number of fused-ring (bicyclic) bond motifs is 1. The van der Waals surface area contributed by atoms with Crippen molar-refractivity contribution >= 4 is 39.2 Å². The van der Waals surface area contributed by atoms with E-state index in [4.69, 9.17) is 17.0 Å². The predicted octanol–water partition coefficient (Wildman–Crippen LogP) is 4.60. The van der Waals surface area contributed by atoms with Crippen molar-refractivity contribution in [1.29, 1.82) is 0 Å². The molecule has 1 heterocycles. The van der Waals surface area contributed by atoms with Crippen molar-refractivity contribution in [3.05, 3.63) is 51.5 Å². The second-order valence-corrected chi connectivity index (χ2v) is 5.49. The summed E-state index contributed by atoms with van der Waals surface area (Å²) in [5.41, 5.74) is 2.33. The van der Waals surface area contributed by atoms with Crippen LogP contribution < -0.4 is 4.74 Å². The number of hydrogen-bond acceptors (Lipinski definition) is 2. The zero-order valence-corrected chi connectivity index (χ0v) is 12.9. The molecule has 0 amide bonds. The molecule has 0 aliphatic carbocycles. The fraction of sp³-hybridized carbons (Fsp3) is 0.0714. The third-order valence-corrected chi connectivity index (χ3v) is 3.94. The first kappa shape index (κ1) is 13.3. The number of rotatable bonds is 2. The van der Waals surface area contributed by atoms with Crippen LogP contribution in [0.1, 0.15) is 0 Å². The summed E-state index contributed by atoms with van der Waals surface area (Å²) >= 11 is 8.76. The molecule has 0 spiro atoms. The molecule has 0 aliphatic rings. The summed E-state index contributed by atoms with van der Waals surface area (Å²) in [5.74, 6) is 0.430. The first-order valence-electron chi connectivity index (χ1n) is 5.84. The Morgan fingerprint density at radius 3 is 2.75 bits per heavy atom. The Morgan fingerprint density at radius 1 is 1.25 bits per heavy atom. The lowest BCUT2D eigenvalue weighted by atomic mass is 10.2. The van der Waals surface area contributed by atoms with Crippen molar-refractivity contribution in [2.24, 2.45) is 0 Å². The molecule has 0 fully saturated rings. The van der Waals surface area contributed by atoms with E-state index in [0.29, 0.717) is 10.3 Å². The van der Waals surface area contributed by atoms with Gasteiger partial charge in [-0.05, 0) is 58.5 Å². The van der Waals surface area contributed by atoms with Crippen LogP contribution in [-0.4, -0.2) is 16.7 Å². The van der Waals surface area contributed by atoms with Gasteiger partial charge in [0.1, 0.15) is 11.6 Å². The molecule has 0 saturated carbocycles. The Balaban J connectivity index is 2.28. The van der Waals surface area contributed by atoms with Gasteiger partial charge in [0.15, 0.2) is 4.77 Å². The third kappa shape index (κ3) is 2.14. The van der Waals surface area contributed by atoms with Crippen LogP contribution in [0, 0.1) is 10.6 Å². The highest BCUT2D eigenvalue weighted by molar-refractivity contribution is 9.10. The Labute approximate surface area is 128 Å². The Kier molecular flexibility index (Phi) is 3.35. The maximum Gasteiger partial charge on any atom is 0.182 e. The van der Waals surface area contributed by atoms with E-state index < -0.39 is 0 Å². The van der Waals surface area contributed by atoms with Gasteiger partial charge in [-0.2, -0.15) is 0 Å². The summed E-state index contributed by atoms with van der Waals surface area (Å²) < 4.78 is 21.8. The van der Waals surface area contributed by atoms with Crippen molar-refractivity contribution < 1.29 is 9.13 Å². The molecule has 102 valence electrons. The van der Waals surface area contributed by atoms with E-state index in [2.05, 4.69) is 20.9 Å². The number of imidazole rings is 1. The van der Waals surface area contributed by atoms with Gasteiger partial charge in [0.25, 0.3) is 0 Å². The van der Waals surface area contributed by atoms with Crippen LogP contribution in [0.5, 0.6) is 5.75 Å². The number of methoxy groups -OCH3 is 1. The molecule has 3 nitrogen and oxygen atoms in total. The molecule has 0 atom stereocenters. The number of aromatic amines is 1. The van der Waals surface area contributed by atoms with E-state index in [1.165, 1.54) is 12.1 Å². The van der Waals surface area contributed by atoms with E-state index in [0.717, 1.165) is 21.4 Å². The molecule has 20 heavy (non-hydrogen) atoms. The average Bonchev–Trinajstić information content (AvgIpc) is 2.74. The fourth-order valence-corrected chi connectivity index (χ4v) is 2.97. The quantitative estimate of drug-likeness (QED) is 0.683. The van der Waals surface area contributed by atoms with Gasteiger partial charge in [0.2, 0.25) is 0 Å². The van der Waals surface area contributed by atoms with Gasteiger partial charge in [0.05, 0.1) is 22.6 Å². The van der Waals surface area contributed by atoms with Gasteiger partial charge < -0.3 is 9.72 Å². The normalized spacial score (nSPS) is 10.9. The number of halogens is 2. The van der Waals surface area contributed by atoms with Crippen molar-refractivity contribution in [2.45, 2.75) is 0 Å². The van der Waals surface area contributed by atoms with Crippen LogP contribution in [-0.2, 0) is 0 Å². The number of H-pyrrole nitrogens is 1. The molecule has 3 rings (SSSR count). The molecule has 0 saturated heterocycles. The van der Waals surface area contributed by atoms with Gasteiger partial charge in [-0.1, -0.05) is 0 Å². The van der Waals surface area contributed by atoms with Crippen LogP contribution in [0.15, 0.2) is 40.9 Å². The Hall–Kier alpha value is -1.66. The molecule has 0 unspecified atom stereocenters. The molecular formula is C14H10BrFN2OS. The molecule has 0 radical (unpaired) electrons. The van der Waals surface area contributed by atoms with Crippen molar-refractivity contribution in [1.82, 2.24) is 9.55 Å². The monoisotopic (exact) mass is 352 g/mol. The molecule has 0 aliphatic heterocycles. The molecule has 1 N–H and O–H groups in total. The fourth-order valence-electron chi connectivity index (χ4n) is 2.13. The van der Waals surface area contributed by atoms with E-state index in [1.807, 2.05) is 18.2 Å². The van der Waals surface area contributed by atoms with Crippen molar-refractivity contribution in [2.75, 3.05) is 7.11 Å². The van der Waals surface area contributed by atoms with Gasteiger partial charge in [-0.3, -0.25) is 4.57 Å². The summed E-state index contributed by atoms with van der Waals surface area (Å²) in [6, 6.07) is 10.1. The second-order valence-electron chi connectivity index (χ2n) is 4.25. The minimum absolute atomic E-state index is 0.298. The summed E-state index contributed by atoms with van der Waals surface area (Å²) in [6.07, 6.45) is 0. The van der Waals surface area contributed by atoms with Crippen LogP contribution in [0.3, 0.4) is 0 Å². The van der Waals surface area contributed by atoms with Gasteiger partial charge >= 0.3 is 0 Å². The van der Waals surface area contributed by atoms with Gasteiger partial charge in [-0.15, -0.1) is 0 Å². The molecule has 3 aromatic rings. The maximum absolute atomic E-state index is 13.4. The number of nitrogens with zero attached hydrogens (tertiary/aromatic N) is 1. The average molecular weight is 353 g/mol. The Morgan fingerprint density at radius 2 is 2.05 bits per heavy atom. The van der Waals surface area contributed by atoms with Crippen LogP contribution >= 0.6 is 28.1 Å². The smallest absolute Gasteiger partial charge is 0.182 e. The lowest BCUT2D eigenvalue weighted by Gasteiger charge is -2.08. The highest BCUT2D eigenvalue weighted by Gasteiger charge is 2.09. The summed E-state index contributed by atoms with van der Waals surface area (Å²) in [6.45, 7) is 0. The van der Waals surface area contributed by atoms with Crippen LogP contribution in [0.25, 0.3) is 16.7 Å². The number of benzene rings is 2. The van der Waals surface area contributed by atoms with Crippen LogP contribution in [0.4, 0.5) is 4.39 Å². The maximum atomic E-state index is 13.4. The van der Waals surface area contributed by atoms with E-state index in [1.54, 1.807) is 17.7 Å². The highest BCUT2D eigenvalue weighted by Crippen LogP contribution is 2.29. The number of ether oxygens (including phenoxy) is 1. The molecular weight excluding hydrogens is 343 g/mol. The lowest BCUT2D eigenvalue weighted by molar-refractivity contribution is 0.412.